The van der Waals surface area contributed by atoms with Crippen LogP contribution in [0.2, 0.25) is 0 Å². The number of alkyl halides is 3. The van der Waals surface area contributed by atoms with Gasteiger partial charge in [0.15, 0.2) is 0 Å². The number of rotatable bonds is 8. The van der Waals surface area contributed by atoms with Gasteiger partial charge in [0.1, 0.15) is 5.75 Å². The monoisotopic (exact) mass is 573 g/mol. The lowest BCUT2D eigenvalue weighted by Gasteiger charge is -2.32. The molecule has 0 aliphatic carbocycles. The smallest absolute Gasteiger partial charge is 0.406 e. The third kappa shape index (κ3) is 6.74. The van der Waals surface area contributed by atoms with Crippen LogP contribution in [0.3, 0.4) is 0 Å². The van der Waals surface area contributed by atoms with Crippen LogP contribution in [-0.2, 0) is 13.0 Å². The number of benzene rings is 4. The van der Waals surface area contributed by atoms with E-state index < -0.39 is 18.3 Å². The molecule has 0 spiro atoms. The summed E-state index contributed by atoms with van der Waals surface area (Å²) >= 11 is 0. The van der Waals surface area contributed by atoms with Crippen LogP contribution in [0.5, 0.6) is 5.75 Å². The van der Waals surface area contributed by atoms with Gasteiger partial charge in [-0.05, 0) is 84.0 Å². The lowest BCUT2D eigenvalue weighted by molar-refractivity contribution is -0.274. The van der Waals surface area contributed by atoms with Gasteiger partial charge in [0.2, 0.25) is 5.91 Å². The van der Waals surface area contributed by atoms with Crippen molar-refractivity contribution in [1.82, 2.24) is 5.32 Å². The second kappa shape index (κ2) is 12.0. The normalized spacial score (nSPS) is 13.7. The summed E-state index contributed by atoms with van der Waals surface area (Å²) in [5, 5.41) is 2.87. The number of hydrogen-bond donors (Lipinski definition) is 2. The Kier molecular flexibility index (Phi) is 8.20. The maximum atomic E-state index is 13.1. The highest BCUT2D eigenvalue weighted by molar-refractivity contribution is 5.99. The van der Waals surface area contributed by atoms with Crippen LogP contribution in [0.4, 0.5) is 18.9 Å². The van der Waals surface area contributed by atoms with Gasteiger partial charge < -0.3 is 20.7 Å². The van der Waals surface area contributed by atoms with Gasteiger partial charge >= 0.3 is 6.36 Å². The summed E-state index contributed by atoms with van der Waals surface area (Å²) in [5.74, 6) is -1.11. The lowest BCUT2D eigenvalue weighted by atomic mass is 9.96. The number of nitrogens with one attached hydrogen (secondary N) is 1. The maximum absolute atomic E-state index is 13.1. The highest BCUT2D eigenvalue weighted by Gasteiger charge is 2.31. The predicted octanol–water partition coefficient (Wildman–Crippen LogP) is 6.79. The molecule has 0 saturated carbocycles. The summed E-state index contributed by atoms with van der Waals surface area (Å²) in [4.78, 5) is 27.2. The Hall–Kier alpha value is -4.79. The van der Waals surface area contributed by atoms with Gasteiger partial charge in [-0.15, -0.1) is 13.2 Å². The first-order valence-corrected chi connectivity index (χ1v) is 13.6. The molecule has 0 saturated heterocycles. The van der Waals surface area contributed by atoms with Gasteiger partial charge in [-0.25, -0.2) is 0 Å². The quantitative estimate of drug-likeness (QED) is 0.243. The molecule has 9 heteroatoms. The van der Waals surface area contributed by atoms with E-state index in [0.29, 0.717) is 23.2 Å². The molecule has 4 aromatic rings. The van der Waals surface area contributed by atoms with E-state index in [1.165, 1.54) is 18.2 Å². The molecular formula is C33H30F3N3O3. The van der Waals surface area contributed by atoms with Crippen LogP contribution in [-0.4, -0.2) is 24.7 Å². The predicted molar refractivity (Wildman–Crippen MR) is 155 cm³/mol. The van der Waals surface area contributed by atoms with Crippen molar-refractivity contribution in [3.05, 3.63) is 119 Å². The molecule has 1 aliphatic rings. The topological polar surface area (TPSA) is 84.7 Å². The fourth-order valence-corrected chi connectivity index (χ4v) is 5.28. The van der Waals surface area contributed by atoms with E-state index in [0.717, 1.165) is 47.3 Å². The summed E-state index contributed by atoms with van der Waals surface area (Å²) in [6.45, 7) is 3.27. The summed E-state index contributed by atoms with van der Waals surface area (Å²) in [7, 11) is 0. The number of primary amides is 1. The van der Waals surface area contributed by atoms with Gasteiger partial charge in [-0.3, -0.25) is 9.59 Å². The molecule has 6 nitrogen and oxygen atoms in total. The van der Waals surface area contributed by atoms with Crippen molar-refractivity contribution in [1.29, 1.82) is 0 Å². The summed E-state index contributed by atoms with van der Waals surface area (Å²) in [6.07, 6.45) is -3.02. The van der Waals surface area contributed by atoms with E-state index in [-0.39, 0.29) is 11.7 Å². The molecule has 5 rings (SSSR count). The molecule has 4 aromatic carbocycles. The van der Waals surface area contributed by atoms with Crippen molar-refractivity contribution in [3.8, 4) is 16.9 Å². The summed E-state index contributed by atoms with van der Waals surface area (Å²) in [5.41, 5.74) is 12.0. The zero-order valence-corrected chi connectivity index (χ0v) is 22.9. The molecular weight excluding hydrogens is 543 g/mol. The standard InChI is InChI=1S/C33H30F3N3O3/c1-21(24-6-4-8-27(19-24)42-33(34,35)36)38-32(41)26-15-16-30-25(18-26)7-5-17-39(30)20-22-11-13-23(14-12-22)28-9-2-3-10-29(28)31(37)40/h2-4,6,8-16,18-19,21H,5,7,17,20H2,1H3,(H2,37,40)(H,38,41). The number of halogens is 3. The Morgan fingerprint density at radius 2 is 1.74 bits per heavy atom. The fourth-order valence-electron chi connectivity index (χ4n) is 5.28. The minimum absolute atomic E-state index is 0.309. The van der Waals surface area contributed by atoms with Crippen LogP contribution in [0.1, 0.15) is 56.8 Å². The van der Waals surface area contributed by atoms with E-state index in [2.05, 4.69) is 15.0 Å². The molecule has 0 fully saturated rings. The zero-order chi connectivity index (χ0) is 29.9. The number of anilines is 1. The van der Waals surface area contributed by atoms with E-state index in [4.69, 9.17) is 5.73 Å². The molecule has 1 unspecified atom stereocenters. The van der Waals surface area contributed by atoms with Crippen molar-refractivity contribution in [2.45, 2.75) is 38.7 Å². The second-order valence-corrected chi connectivity index (χ2v) is 10.3. The number of fused-ring (bicyclic) bond motifs is 1. The Balaban J connectivity index is 1.27. The van der Waals surface area contributed by atoms with E-state index in [1.807, 2.05) is 48.5 Å². The number of amides is 2. The molecule has 216 valence electrons. The van der Waals surface area contributed by atoms with Crippen molar-refractivity contribution in [2.24, 2.45) is 5.73 Å². The fraction of sp³-hybridized carbons (Fsp3) is 0.212. The van der Waals surface area contributed by atoms with Crippen LogP contribution in [0.15, 0.2) is 91.0 Å². The number of hydrogen-bond acceptors (Lipinski definition) is 4. The molecule has 1 atom stereocenters. The summed E-state index contributed by atoms with van der Waals surface area (Å²) in [6, 6.07) is 26.0. The number of nitrogens with two attached hydrogens (primary N) is 1. The van der Waals surface area contributed by atoms with Crippen molar-refractivity contribution >= 4 is 17.5 Å². The van der Waals surface area contributed by atoms with Gasteiger partial charge in [0, 0.05) is 29.9 Å². The second-order valence-electron chi connectivity index (χ2n) is 10.3. The Labute approximate surface area is 241 Å². The van der Waals surface area contributed by atoms with Crippen LogP contribution < -0.4 is 20.7 Å². The minimum atomic E-state index is -4.79. The summed E-state index contributed by atoms with van der Waals surface area (Å²) < 4.78 is 41.8. The largest absolute Gasteiger partial charge is 0.573 e. The molecule has 1 aliphatic heterocycles. The Bertz CT molecular complexity index is 1600. The zero-order valence-electron chi connectivity index (χ0n) is 22.9. The molecule has 0 aromatic heterocycles. The van der Waals surface area contributed by atoms with Crippen molar-refractivity contribution in [3.63, 3.8) is 0 Å². The molecule has 42 heavy (non-hydrogen) atoms. The van der Waals surface area contributed by atoms with Crippen LogP contribution in [0, 0.1) is 0 Å². The third-order valence-electron chi connectivity index (χ3n) is 7.33. The van der Waals surface area contributed by atoms with Gasteiger partial charge in [0.05, 0.1) is 6.04 Å². The minimum Gasteiger partial charge on any atom is -0.406 e. The first-order valence-electron chi connectivity index (χ1n) is 13.6. The van der Waals surface area contributed by atoms with E-state index in [9.17, 15) is 22.8 Å². The van der Waals surface area contributed by atoms with Crippen LogP contribution in [0.25, 0.3) is 11.1 Å². The first kappa shape index (κ1) is 28.7. The molecule has 0 radical (unpaired) electrons. The van der Waals surface area contributed by atoms with Crippen molar-refractivity contribution in [2.75, 3.05) is 11.4 Å². The van der Waals surface area contributed by atoms with E-state index in [1.54, 1.807) is 31.2 Å². The molecule has 3 N–H and O–H groups in total. The number of carbonyl (C=O) groups excluding carboxylic acids is 2. The Morgan fingerprint density at radius 1 is 0.976 bits per heavy atom. The van der Waals surface area contributed by atoms with Crippen molar-refractivity contribution < 1.29 is 27.5 Å². The maximum Gasteiger partial charge on any atom is 0.573 e. The third-order valence-corrected chi connectivity index (χ3v) is 7.33. The number of aryl methyl sites for hydroxylation is 1. The lowest BCUT2D eigenvalue weighted by Crippen LogP contribution is -2.30. The van der Waals surface area contributed by atoms with E-state index >= 15 is 0 Å². The number of carbonyl (C=O) groups is 2. The molecule has 2 amide bonds. The Morgan fingerprint density at radius 3 is 2.48 bits per heavy atom. The first-order chi connectivity index (χ1) is 20.1. The molecule has 0 bridgehead atoms. The molecule has 1 heterocycles. The average Bonchev–Trinajstić information content (AvgIpc) is 2.96. The van der Waals surface area contributed by atoms with Gasteiger partial charge in [-0.2, -0.15) is 0 Å². The van der Waals surface area contributed by atoms with Gasteiger partial charge in [0.25, 0.3) is 5.91 Å². The number of nitrogens with zero attached hydrogens (tertiary/aromatic N) is 1. The van der Waals surface area contributed by atoms with Gasteiger partial charge in [-0.1, -0.05) is 54.6 Å². The SMILES string of the molecule is CC(NC(=O)c1ccc2c(c1)CCCN2Cc1ccc(-c2ccccc2C(N)=O)cc1)c1cccc(OC(F)(F)F)c1. The number of ether oxygens (including phenoxy) is 1. The van der Waals surface area contributed by atoms with Crippen LogP contribution >= 0.6 is 0 Å². The highest BCUT2D eigenvalue weighted by atomic mass is 19.4. The highest BCUT2D eigenvalue weighted by Crippen LogP contribution is 2.31. The average molecular weight is 574 g/mol.